The molecule has 3 aromatic heterocycles. The Kier molecular flexibility index (Phi) is 5.27. The average molecular weight is 488 g/mol. The predicted octanol–water partition coefficient (Wildman–Crippen LogP) is 3.96. The van der Waals surface area contributed by atoms with Crippen LogP contribution in [-0.2, 0) is 0 Å². The fourth-order valence-electron chi connectivity index (χ4n) is 4.31. The standard InChI is InChI=1S/C24H21N7O3S/c1-13-17(12-27-23(28-13)34-15-5-3-2-4-6-15)31-16-8-10-26-22-18(16)19(30-24(31)33)20(35-22)21(32)29-14-7-9-25-11-14/h2-6,8,10,12,14,25H,7,9,11H2,1H3,(H,29,32)(H,30,33)/t14-/m1/s1. The van der Waals surface area contributed by atoms with Gasteiger partial charge in [-0.15, -0.1) is 11.3 Å². The van der Waals surface area contributed by atoms with Crippen LogP contribution < -0.4 is 25.6 Å². The largest absolute Gasteiger partial charge is 0.424 e. The molecular weight excluding hydrogens is 466 g/mol. The second-order valence-electron chi connectivity index (χ2n) is 8.28. The number of aryl methyl sites for hydroxylation is 1. The molecule has 0 unspecified atom stereocenters. The van der Waals surface area contributed by atoms with Crippen LogP contribution >= 0.6 is 11.3 Å². The molecule has 0 saturated carbocycles. The third-order valence-corrected chi connectivity index (χ3v) is 7.07. The molecule has 11 heteroatoms. The Bertz CT molecular complexity index is 1450. The molecule has 3 amide bonds. The maximum absolute atomic E-state index is 13.3. The molecular formula is C24H21N7O3S. The summed E-state index contributed by atoms with van der Waals surface area (Å²) in [5.74, 6) is 0.409. The molecule has 0 bridgehead atoms. The van der Waals surface area contributed by atoms with E-state index in [1.807, 2.05) is 30.3 Å². The van der Waals surface area contributed by atoms with Gasteiger partial charge in [0, 0.05) is 18.8 Å². The molecule has 0 radical (unpaired) electrons. The predicted molar refractivity (Wildman–Crippen MR) is 133 cm³/mol. The van der Waals surface area contributed by atoms with Crippen molar-refractivity contribution < 1.29 is 14.3 Å². The number of nitrogens with one attached hydrogen (secondary N) is 3. The summed E-state index contributed by atoms with van der Waals surface area (Å²) in [6, 6.07) is 10.9. The third-order valence-electron chi connectivity index (χ3n) is 5.97. The number of benzene rings is 1. The van der Waals surface area contributed by atoms with Crippen molar-refractivity contribution in [2.45, 2.75) is 19.4 Å². The van der Waals surface area contributed by atoms with E-state index in [-0.39, 0.29) is 18.0 Å². The molecule has 1 aromatic carbocycles. The number of aromatic nitrogens is 3. The van der Waals surface area contributed by atoms with Crippen LogP contribution in [0.15, 0.2) is 48.8 Å². The van der Waals surface area contributed by atoms with Crippen LogP contribution in [0.25, 0.3) is 10.2 Å². The summed E-state index contributed by atoms with van der Waals surface area (Å²) in [5.41, 5.74) is 2.18. The smallest absolute Gasteiger partial charge is 0.331 e. The number of thiophene rings is 1. The van der Waals surface area contributed by atoms with Crippen LogP contribution in [0.2, 0.25) is 0 Å². The second-order valence-corrected chi connectivity index (χ2v) is 9.28. The maximum Gasteiger partial charge on any atom is 0.331 e. The van der Waals surface area contributed by atoms with Crippen LogP contribution in [0, 0.1) is 6.92 Å². The van der Waals surface area contributed by atoms with Crippen LogP contribution in [0.3, 0.4) is 0 Å². The Hall–Kier alpha value is -4.09. The van der Waals surface area contributed by atoms with Gasteiger partial charge in [-0.3, -0.25) is 9.69 Å². The van der Waals surface area contributed by atoms with E-state index in [0.717, 1.165) is 24.9 Å². The number of anilines is 3. The Morgan fingerprint density at radius 1 is 1.20 bits per heavy atom. The monoisotopic (exact) mass is 487 g/mol. The van der Waals surface area contributed by atoms with Crippen molar-refractivity contribution in [2.24, 2.45) is 0 Å². The molecule has 176 valence electrons. The molecule has 2 aliphatic rings. The highest BCUT2D eigenvalue weighted by atomic mass is 32.1. The first kappa shape index (κ1) is 21.4. The topological polar surface area (TPSA) is 121 Å². The Labute approximate surface area is 204 Å². The van der Waals surface area contributed by atoms with E-state index in [1.54, 1.807) is 25.4 Å². The number of pyridine rings is 1. The molecule has 35 heavy (non-hydrogen) atoms. The lowest BCUT2D eigenvalue weighted by atomic mass is 10.1. The quantitative estimate of drug-likeness (QED) is 0.390. The third kappa shape index (κ3) is 3.84. The molecule has 6 rings (SSSR count). The number of carbonyl (C=O) groups excluding carboxylic acids is 2. The molecule has 5 heterocycles. The number of rotatable bonds is 5. The Balaban J connectivity index is 1.36. The van der Waals surface area contributed by atoms with Crippen molar-refractivity contribution in [3.05, 3.63) is 59.4 Å². The normalized spacial score (nSPS) is 16.9. The van der Waals surface area contributed by atoms with Crippen LogP contribution in [0.4, 0.5) is 21.9 Å². The summed E-state index contributed by atoms with van der Waals surface area (Å²) in [6.45, 7) is 3.40. The molecule has 0 spiro atoms. The Morgan fingerprint density at radius 2 is 2.06 bits per heavy atom. The molecule has 1 atom stereocenters. The number of hydrogen-bond donors (Lipinski definition) is 3. The van der Waals surface area contributed by atoms with Gasteiger partial charge in [0.05, 0.1) is 34.3 Å². The zero-order valence-corrected chi connectivity index (χ0v) is 19.6. The molecule has 3 N–H and O–H groups in total. The van der Waals surface area contributed by atoms with Gasteiger partial charge < -0.3 is 20.7 Å². The van der Waals surface area contributed by atoms with E-state index >= 15 is 0 Å². The van der Waals surface area contributed by atoms with Gasteiger partial charge in [-0.25, -0.2) is 14.8 Å². The lowest BCUT2D eigenvalue weighted by Crippen LogP contribution is -2.38. The van der Waals surface area contributed by atoms with Gasteiger partial charge >= 0.3 is 12.0 Å². The summed E-state index contributed by atoms with van der Waals surface area (Å²) < 4.78 is 5.73. The van der Waals surface area contributed by atoms with Crippen molar-refractivity contribution in [2.75, 3.05) is 23.3 Å². The summed E-state index contributed by atoms with van der Waals surface area (Å²) >= 11 is 1.27. The number of hydrogen-bond acceptors (Lipinski definition) is 8. The SMILES string of the molecule is Cc1nc(Oc2ccccc2)ncc1N1C(=O)Nc2c(C(=O)N[C@@H]3CCNC3)sc3nccc1c23. The van der Waals surface area contributed by atoms with Gasteiger partial charge in [0.1, 0.15) is 15.5 Å². The van der Waals surface area contributed by atoms with Crippen molar-refractivity contribution in [3.63, 3.8) is 0 Å². The van der Waals surface area contributed by atoms with Gasteiger partial charge in [0.15, 0.2) is 0 Å². The number of para-hydroxylation sites is 1. The molecule has 2 aliphatic heterocycles. The molecule has 10 nitrogen and oxygen atoms in total. The van der Waals surface area contributed by atoms with Crippen LogP contribution in [0.5, 0.6) is 11.8 Å². The lowest BCUT2D eigenvalue weighted by Gasteiger charge is -2.28. The zero-order valence-electron chi connectivity index (χ0n) is 18.7. The highest BCUT2D eigenvalue weighted by molar-refractivity contribution is 7.21. The highest BCUT2D eigenvalue weighted by Crippen LogP contribution is 2.46. The van der Waals surface area contributed by atoms with Crippen LogP contribution in [-0.4, -0.2) is 46.0 Å². The summed E-state index contributed by atoms with van der Waals surface area (Å²) in [5, 5.41) is 9.91. The van der Waals surface area contributed by atoms with E-state index in [0.29, 0.717) is 38.2 Å². The van der Waals surface area contributed by atoms with Crippen LogP contribution in [0.1, 0.15) is 21.8 Å². The van der Waals surface area contributed by atoms with Crippen molar-refractivity contribution in [1.29, 1.82) is 0 Å². The van der Waals surface area contributed by atoms with E-state index in [1.165, 1.54) is 16.2 Å². The molecule has 1 saturated heterocycles. The van der Waals surface area contributed by atoms with Crippen molar-refractivity contribution >= 4 is 50.6 Å². The summed E-state index contributed by atoms with van der Waals surface area (Å²) in [4.78, 5) is 42.2. The number of carbonyl (C=O) groups is 2. The summed E-state index contributed by atoms with van der Waals surface area (Å²) in [6.07, 6.45) is 4.07. The maximum atomic E-state index is 13.3. The van der Waals surface area contributed by atoms with Gasteiger partial charge in [-0.2, -0.15) is 4.98 Å². The van der Waals surface area contributed by atoms with E-state index < -0.39 is 6.03 Å². The number of ether oxygens (including phenoxy) is 1. The second kappa shape index (κ2) is 8.60. The fourth-order valence-corrected chi connectivity index (χ4v) is 5.34. The van der Waals surface area contributed by atoms with E-state index in [2.05, 4.69) is 30.9 Å². The average Bonchev–Trinajstić information content (AvgIpc) is 3.50. The lowest BCUT2D eigenvalue weighted by molar-refractivity contribution is 0.0945. The molecule has 0 aliphatic carbocycles. The summed E-state index contributed by atoms with van der Waals surface area (Å²) in [7, 11) is 0. The molecule has 4 aromatic rings. The number of amides is 3. The Morgan fingerprint density at radius 3 is 2.83 bits per heavy atom. The minimum Gasteiger partial charge on any atom is -0.424 e. The first-order valence-electron chi connectivity index (χ1n) is 11.2. The zero-order chi connectivity index (χ0) is 23.9. The van der Waals surface area contributed by atoms with Gasteiger partial charge in [0.2, 0.25) is 0 Å². The van der Waals surface area contributed by atoms with Gasteiger partial charge in [-0.05, 0) is 38.1 Å². The van der Waals surface area contributed by atoms with E-state index in [4.69, 9.17) is 4.74 Å². The van der Waals surface area contributed by atoms with Crippen molar-refractivity contribution in [1.82, 2.24) is 25.6 Å². The first-order chi connectivity index (χ1) is 17.1. The fraction of sp³-hybridized carbons (Fsp3) is 0.208. The minimum absolute atomic E-state index is 0.0690. The van der Waals surface area contributed by atoms with Crippen molar-refractivity contribution in [3.8, 4) is 11.8 Å². The molecule has 1 fully saturated rings. The first-order valence-corrected chi connectivity index (χ1v) is 12.0. The highest BCUT2D eigenvalue weighted by Gasteiger charge is 2.34. The van der Waals surface area contributed by atoms with Gasteiger partial charge in [0.25, 0.3) is 5.91 Å². The van der Waals surface area contributed by atoms with E-state index in [9.17, 15) is 9.59 Å². The van der Waals surface area contributed by atoms with Gasteiger partial charge in [-0.1, -0.05) is 18.2 Å². The minimum atomic E-state index is -0.400. The number of urea groups is 1. The number of nitrogens with zero attached hydrogens (tertiary/aromatic N) is 4.